The van der Waals surface area contributed by atoms with Crippen LogP contribution in [0.4, 0.5) is 0 Å². The number of piperidine rings is 2. The third-order valence-corrected chi connectivity index (χ3v) is 4.25. The predicted octanol–water partition coefficient (Wildman–Crippen LogP) is 1.55. The number of rotatable bonds is 2. The Labute approximate surface area is 110 Å². The van der Waals surface area contributed by atoms with Gasteiger partial charge in [0.1, 0.15) is 0 Å². The molecule has 4 nitrogen and oxygen atoms in total. The summed E-state index contributed by atoms with van der Waals surface area (Å²) in [6.07, 6.45) is 5.30. The number of aliphatic imine (C=N–C) groups is 1. The van der Waals surface area contributed by atoms with E-state index in [-0.39, 0.29) is 0 Å². The van der Waals surface area contributed by atoms with Gasteiger partial charge in [-0.15, -0.1) is 0 Å². The van der Waals surface area contributed by atoms with Crippen LogP contribution >= 0.6 is 0 Å². The Morgan fingerprint density at radius 3 is 2.67 bits per heavy atom. The quantitative estimate of drug-likeness (QED) is 0.746. The molecule has 2 rings (SSSR count). The van der Waals surface area contributed by atoms with Crippen LogP contribution in [0, 0.1) is 0 Å². The number of likely N-dealkylation sites (tertiary alicyclic amines) is 2. The monoisotopic (exact) mass is 251 g/mol. The number of carbonyl (C=O) groups excluding carboxylic acids is 1. The Bertz CT molecular complexity index is 319. The maximum atomic E-state index is 11.6. The van der Waals surface area contributed by atoms with Gasteiger partial charge in [0.15, 0.2) is 0 Å². The van der Waals surface area contributed by atoms with Crippen LogP contribution in [0.1, 0.15) is 39.0 Å². The number of amides is 1. The van der Waals surface area contributed by atoms with Gasteiger partial charge in [-0.1, -0.05) is 6.92 Å². The normalized spacial score (nSPS) is 25.7. The van der Waals surface area contributed by atoms with Gasteiger partial charge in [-0.2, -0.15) is 0 Å². The molecule has 0 aliphatic carbocycles. The molecule has 4 heteroatoms. The molecule has 0 aromatic carbocycles. The Hall–Kier alpha value is -0.900. The summed E-state index contributed by atoms with van der Waals surface area (Å²) < 4.78 is 0. The molecule has 0 radical (unpaired) electrons. The lowest BCUT2D eigenvalue weighted by molar-refractivity contribution is -0.132. The molecule has 2 heterocycles. The summed E-state index contributed by atoms with van der Waals surface area (Å²) in [6.45, 7) is 6.07. The second-order valence-corrected chi connectivity index (χ2v) is 5.33. The number of hydrogen-bond acceptors (Lipinski definition) is 3. The van der Waals surface area contributed by atoms with Crippen LogP contribution in [0.25, 0.3) is 0 Å². The van der Waals surface area contributed by atoms with Crippen molar-refractivity contribution in [1.29, 1.82) is 0 Å². The summed E-state index contributed by atoms with van der Waals surface area (Å²) in [4.78, 5) is 20.6. The molecule has 0 aromatic rings. The van der Waals surface area contributed by atoms with E-state index in [1.807, 2.05) is 18.9 Å². The van der Waals surface area contributed by atoms with E-state index in [1.54, 1.807) is 0 Å². The van der Waals surface area contributed by atoms with Gasteiger partial charge in [-0.25, -0.2) is 0 Å². The third-order valence-electron chi connectivity index (χ3n) is 4.25. The van der Waals surface area contributed by atoms with E-state index in [0.717, 1.165) is 32.5 Å². The van der Waals surface area contributed by atoms with Crippen LogP contribution in [0.15, 0.2) is 4.99 Å². The van der Waals surface area contributed by atoms with E-state index in [4.69, 9.17) is 0 Å². The van der Waals surface area contributed by atoms with Crippen molar-refractivity contribution in [3.05, 3.63) is 0 Å². The molecule has 102 valence electrons. The van der Waals surface area contributed by atoms with E-state index >= 15 is 0 Å². The first kappa shape index (κ1) is 13.5. The van der Waals surface area contributed by atoms with Gasteiger partial charge in [0.2, 0.25) is 5.91 Å². The second-order valence-electron chi connectivity index (χ2n) is 5.33. The molecule has 0 bridgehead atoms. The van der Waals surface area contributed by atoms with Gasteiger partial charge in [0, 0.05) is 44.9 Å². The zero-order valence-corrected chi connectivity index (χ0v) is 11.7. The molecule has 0 spiro atoms. The lowest BCUT2D eigenvalue weighted by Gasteiger charge is -2.40. The lowest BCUT2D eigenvalue weighted by Crippen LogP contribution is -2.49. The molecule has 2 fully saturated rings. The van der Waals surface area contributed by atoms with Crippen LogP contribution in [-0.2, 0) is 4.79 Å². The topological polar surface area (TPSA) is 35.9 Å². The molecule has 0 atom stereocenters. The zero-order valence-electron chi connectivity index (χ0n) is 11.7. The minimum atomic E-state index is 0.308. The largest absolute Gasteiger partial charge is 0.343 e. The highest BCUT2D eigenvalue weighted by molar-refractivity contribution is 5.86. The average Bonchev–Trinajstić information content (AvgIpc) is 2.46. The summed E-state index contributed by atoms with van der Waals surface area (Å²) in [7, 11) is 1.90. The molecule has 18 heavy (non-hydrogen) atoms. The predicted molar refractivity (Wildman–Crippen MR) is 74.1 cm³/mol. The smallest absolute Gasteiger partial charge is 0.222 e. The van der Waals surface area contributed by atoms with Gasteiger partial charge in [-0.3, -0.25) is 14.7 Å². The SMILES string of the molecule is CCC(=O)N1CCC(N2CCCC(=NC)C2)CC1. The van der Waals surface area contributed by atoms with Gasteiger partial charge in [0.05, 0.1) is 0 Å². The fraction of sp³-hybridized carbons (Fsp3) is 0.857. The van der Waals surface area contributed by atoms with Crippen LogP contribution in [0.2, 0.25) is 0 Å². The second kappa shape index (κ2) is 6.32. The highest BCUT2D eigenvalue weighted by Crippen LogP contribution is 2.20. The minimum Gasteiger partial charge on any atom is -0.343 e. The van der Waals surface area contributed by atoms with Crippen LogP contribution in [-0.4, -0.2) is 60.7 Å². The number of carbonyl (C=O) groups is 1. The van der Waals surface area contributed by atoms with E-state index in [0.29, 0.717) is 18.4 Å². The molecule has 0 N–H and O–H groups in total. The first-order chi connectivity index (χ1) is 8.74. The van der Waals surface area contributed by atoms with E-state index in [1.165, 1.54) is 25.1 Å². The summed E-state index contributed by atoms with van der Waals surface area (Å²) in [5.74, 6) is 0.308. The zero-order chi connectivity index (χ0) is 13.0. The van der Waals surface area contributed by atoms with Crippen LogP contribution in [0.5, 0.6) is 0 Å². The van der Waals surface area contributed by atoms with Crippen molar-refractivity contribution in [3.8, 4) is 0 Å². The first-order valence-corrected chi connectivity index (χ1v) is 7.21. The lowest BCUT2D eigenvalue weighted by atomic mass is 9.99. The van der Waals surface area contributed by atoms with E-state index < -0.39 is 0 Å². The number of hydrogen-bond donors (Lipinski definition) is 0. The molecular formula is C14H25N3O. The highest BCUT2D eigenvalue weighted by atomic mass is 16.2. The van der Waals surface area contributed by atoms with Gasteiger partial charge in [-0.05, 0) is 32.2 Å². The molecular weight excluding hydrogens is 226 g/mol. The van der Waals surface area contributed by atoms with Gasteiger partial charge in [0.25, 0.3) is 0 Å². The Morgan fingerprint density at radius 2 is 2.06 bits per heavy atom. The first-order valence-electron chi connectivity index (χ1n) is 7.21. The molecule has 1 amide bonds. The van der Waals surface area contributed by atoms with E-state index in [9.17, 15) is 4.79 Å². The Morgan fingerprint density at radius 1 is 1.33 bits per heavy atom. The van der Waals surface area contributed by atoms with Crippen LogP contribution in [0.3, 0.4) is 0 Å². The number of nitrogens with zero attached hydrogens (tertiary/aromatic N) is 3. The molecule has 2 saturated heterocycles. The van der Waals surface area contributed by atoms with Crippen molar-refractivity contribution in [2.24, 2.45) is 4.99 Å². The maximum absolute atomic E-state index is 11.6. The van der Waals surface area contributed by atoms with Gasteiger partial charge < -0.3 is 4.90 Å². The van der Waals surface area contributed by atoms with Crippen molar-refractivity contribution in [3.63, 3.8) is 0 Å². The summed E-state index contributed by atoms with van der Waals surface area (Å²) >= 11 is 0. The Kier molecular flexibility index (Phi) is 4.75. The standard InChI is InChI=1S/C14H25N3O/c1-3-14(18)16-9-6-13(7-10-16)17-8-4-5-12(11-17)15-2/h13H,3-11H2,1-2H3. The van der Waals surface area contributed by atoms with E-state index in [2.05, 4.69) is 9.89 Å². The van der Waals surface area contributed by atoms with Gasteiger partial charge >= 0.3 is 0 Å². The minimum absolute atomic E-state index is 0.308. The fourth-order valence-corrected chi connectivity index (χ4v) is 3.08. The average molecular weight is 251 g/mol. The van der Waals surface area contributed by atoms with Crippen molar-refractivity contribution in [1.82, 2.24) is 9.80 Å². The molecule has 0 aromatic heterocycles. The summed E-state index contributed by atoms with van der Waals surface area (Å²) in [5.41, 5.74) is 1.34. The fourth-order valence-electron chi connectivity index (χ4n) is 3.08. The summed E-state index contributed by atoms with van der Waals surface area (Å²) in [6, 6.07) is 0.656. The molecule has 2 aliphatic rings. The highest BCUT2D eigenvalue weighted by Gasteiger charge is 2.28. The van der Waals surface area contributed by atoms with Crippen molar-refractivity contribution in [2.75, 3.05) is 33.2 Å². The van der Waals surface area contributed by atoms with Crippen molar-refractivity contribution in [2.45, 2.75) is 45.1 Å². The molecule has 0 unspecified atom stereocenters. The Balaban J connectivity index is 1.84. The van der Waals surface area contributed by atoms with Crippen molar-refractivity contribution >= 4 is 11.6 Å². The maximum Gasteiger partial charge on any atom is 0.222 e. The summed E-state index contributed by atoms with van der Waals surface area (Å²) in [5, 5.41) is 0. The molecule has 2 aliphatic heterocycles. The van der Waals surface area contributed by atoms with Crippen LogP contribution < -0.4 is 0 Å². The third kappa shape index (κ3) is 3.10. The van der Waals surface area contributed by atoms with Crippen molar-refractivity contribution < 1.29 is 4.79 Å². The molecule has 0 saturated carbocycles.